The van der Waals surface area contributed by atoms with Crippen LogP contribution in [0, 0.1) is 0 Å². The summed E-state index contributed by atoms with van der Waals surface area (Å²) in [5.74, 6) is 0.629. The van der Waals surface area contributed by atoms with Gasteiger partial charge in [0.25, 0.3) is 0 Å². The lowest BCUT2D eigenvalue weighted by atomic mass is 9.76. The van der Waals surface area contributed by atoms with E-state index < -0.39 is 6.03 Å². The van der Waals surface area contributed by atoms with Crippen molar-refractivity contribution in [1.29, 1.82) is 0 Å². The number of rotatable bonds is 5. The second kappa shape index (κ2) is 6.07. The van der Waals surface area contributed by atoms with Gasteiger partial charge in [-0.1, -0.05) is 23.7 Å². The molecule has 0 spiro atoms. The Morgan fingerprint density at radius 2 is 1.94 bits per heavy atom. The van der Waals surface area contributed by atoms with E-state index in [9.17, 15) is 4.79 Å². The van der Waals surface area contributed by atoms with Crippen molar-refractivity contribution in [3.05, 3.63) is 34.9 Å². The zero-order chi connectivity index (χ0) is 13.0. The van der Waals surface area contributed by atoms with Crippen LogP contribution in [0.5, 0.6) is 0 Å². The van der Waals surface area contributed by atoms with Crippen molar-refractivity contribution >= 4 is 17.6 Å². The minimum atomic E-state index is -0.468. The molecule has 1 aliphatic rings. The second-order valence-corrected chi connectivity index (χ2v) is 5.10. The maximum Gasteiger partial charge on any atom is 0.312 e. The Bertz CT molecular complexity index is 401. The second-order valence-electron chi connectivity index (χ2n) is 4.66. The largest absolute Gasteiger partial charge is 0.352 e. The molecule has 0 aromatic heterocycles. The van der Waals surface area contributed by atoms with Crippen molar-refractivity contribution in [2.45, 2.75) is 24.8 Å². The van der Waals surface area contributed by atoms with Crippen LogP contribution in [0.15, 0.2) is 24.3 Å². The Morgan fingerprint density at radius 1 is 1.28 bits per heavy atom. The molecule has 1 aromatic carbocycles. The van der Waals surface area contributed by atoms with Gasteiger partial charge in [-0.3, -0.25) is 0 Å². The molecule has 2 rings (SSSR count). The summed E-state index contributed by atoms with van der Waals surface area (Å²) in [5, 5.41) is 6.73. The molecule has 0 bridgehead atoms. The summed E-state index contributed by atoms with van der Waals surface area (Å²) in [6, 6.07) is 8.14. The Labute approximate surface area is 112 Å². The third-order valence-electron chi connectivity index (χ3n) is 3.34. The molecule has 0 saturated heterocycles. The normalized spacial score (nSPS) is 22.3. The fraction of sp³-hybridized carbons (Fsp3) is 0.462. The number of primary amides is 1. The average molecular weight is 268 g/mol. The van der Waals surface area contributed by atoms with Gasteiger partial charge in [-0.15, -0.1) is 0 Å². The van der Waals surface area contributed by atoms with E-state index in [4.69, 9.17) is 17.3 Å². The van der Waals surface area contributed by atoms with Crippen LogP contribution in [-0.4, -0.2) is 25.2 Å². The van der Waals surface area contributed by atoms with E-state index in [1.165, 1.54) is 5.56 Å². The fourth-order valence-electron chi connectivity index (χ4n) is 2.25. The highest BCUT2D eigenvalue weighted by atomic mass is 35.5. The average Bonchev–Trinajstić information content (AvgIpc) is 2.28. The van der Waals surface area contributed by atoms with Crippen LogP contribution in [0.2, 0.25) is 5.02 Å². The highest BCUT2D eigenvalue weighted by Crippen LogP contribution is 2.36. The van der Waals surface area contributed by atoms with Crippen LogP contribution in [0.3, 0.4) is 0 Å². The summed E-state index contributed by atoms with van der Waals surface area (Å²) in [7, 11) is 0. The molecule has 0 atom stereocenters. The molecule has 0 radical (unpaired) electrons. The molecule has 98 valence electrons. The predicted molar refractivity (Wildman–Crippen MR) is 72.8 cm³/mol. The van der Waals surface area contributed by atoms with Gasteiger partial charge >= 0.3 is 6.03 Å². The summed E-state index contributed by atoms with van der Waals surface area (Å²) < 4.78 is 0. The summed E-state index contributed by atoms with van der Waals surface area (Å²) in [6.07, 6.45) is 2.27. The lowest BCUT2D eigenvalue weighted by Crippen LogP contribution is -2.44. The van der Waals surface area contributed by atoms with Crippen molar-refractivity contribution < 1.29 is 4.79 Å². The first-order chi connectivity index (χ1) is 8.65. The minimum Gasteiger partial charge on any atom is -0.352 e. The SMILES string of the molecule is NC(=O)NCCNC1CC(c2ccc(Cl)cc2)C1. The van der Waals surface area contributed by atoms with Gasteiger partial charge in [-0.25, -0.2) is 4.79 Å². The highest BCUT2D eigenvalue weighted by molar-refractivity contribution is 6.30. The molecule has 18 heavy (non-hydrogen) atoms. The maximum absolute atomic E-state index is 10.5. The van der Waals surface area contributed by atoms with Gasteiger partial charge in [0.15, 0.2) is 0 Å². The molecule has 0 heterocycles. The van der Waals surface area contributed by atoms with E-state index >= 15 is 0 Å². The van der Waals surface area contributed by atoms with Gasteiger partial charge in [-0.05, 0) is 36.5 Å². The number of urea groups is 1. The molecule has 1 saturated carbocycles. The summed E-state index contributed by atoms with van der Waals surface area (Å²) in [4.78, 5) is 10.5. The number of hydrogen-bond acceptors (Lipinski definition) is 2. The van der Waals surface area contributed by atoms with Crippen LogP contribution >= 0.6 is 11.6 Å². The van der Waals surface area contributed by atoms with Gasteiger partial charge in [-0.2, -0.15) is 0 Å². The van der Waals surface area contributed by atoms with E-state index in [2.05, 4.69) is 22.8 Å². The minimum absolute atomic E-state index is 0.468. The van der Waals surface area contributed by atoms with E-state index in [1.54, 1.807) is 0 Å². The zero-order valence-corrected chi connectivity index (χ0v) is 10.9. The van der Waals surface area contributed by atoms with E-state index in [-0.39, 0.29) is 0 Å². The number of hydrogen-bond donors (Lipinski definition) is 3. The van der Waals surface area contributed by atoms with Crippen molar-refractivity contribution in [1.82, 2.24) is 10.6 Å². The van der Waals surface area contributed by atoms with Gasteiger partial charge in [0, 0.05) is 24.2 Å². The number of carbonyl (C=O) groups excluding carboxylic acids is 1. The molecule has 1 aliphatic carbocycles. The molecular weight excluding hydrogens is 250 g/mol. The van der Waals surface area contributed by atoms with Gasteiger partial charge < -0.3 is 16.4 Å². The van der Waals surface area contributed by atoms with Crippen molar-refractivity contribution in [2.24, 2.45) is 5.73 Å². The van der Waals surface area contributed by atoms with Crippen molar-refractivity contribution in [2.75, 3.05) is 13.1 Å². The molecule has 0 unspecified atom stereocenters. The molecule has 1 aromatic rings. The third kappa shape index (κ3) is 3.62. The number of nitrogens with two attached hydrogens (primary N) is 1. The summed E-state index contributed by atoms with van der Waals surface area (Å²) in [5.41, 5.74) is 6.33. The Kier molecular flexibility index (Phi) is 4.44. The van der Waals surface area contributed by atoms with Gasteiger partial charge in [0.2, 0.25) is 0 Å². The van der Waals surface area contributed by atoms with Crippen LogP contribution in [-0.2, 0) is 0 Å². The van der Waals surface area contributed by atoms with Crippen LogP contribution < -0.4 is 16.4 Å². The number of halogens is 1. The highest BCUT2D eigenvalue weighted by Gasteiger charge is 2.29. The topological polar surface area (TPSA) is 67.2 Å². The molecule has 2 amide bonds. The smallest absolute Gasteiger partial charge is 0.312 e. The number of benzene rings is 1. The summed E-state index contributed by atoms with van der Waals surface area (Å²) >= 11 is 5.86. The monoisotopic (exact) mass is 267 g/mol. The maximum atomic E-state index is 10.5. The summed E-state index contributed by atoms with van der Waals surface area (Å²) in [6.45, 7) is 1.35. The molecule has 5 heteroatoms. The molecule has 4 nitrogen and oxygen atoms in total. The van der Waals surface area contributed by atoms with E-state index in [0.717, 1.165) is 24.4 Å². The Balaban J connectivity index is 1.64. The van der Waals surface area contributed by atoms with Crippen LogP contribution in [0.1, 0.15) is 24.3 Å². The molecule has 1 fully saturated rings. The Morgan fingerprint density at radius 3 is 2.56 bits per heavy atom. The standard InChI is InChI=1S/C13H18ClN3O/c14-11-3-1-9(2-4-11)10-7-12(8-10)16-5-6-17-13(15)18/h1-4,10,12,16H,5-8H2,(H3,15,17,18). The van der Waals surface area contributed by atoms with E-state index in [1.807, 2.05) is 12.1 Å². The molecule has 4 N–H and O–H groups in total. The first-order valence-corrected chi connectivity index (χ1v) is 6.55. The molecular formula is C13H18ClN3O. The first-order valence-electron chi connectivity index (χ1n) is 6.17. The third-order valence-corrected chi connectivity index (χ3v) is 3.59. The van der Waals surface area contributed by atoms with Gasteiger partial charge in [0.1, 0.15) is 0 Å². The number of carbonyl (C=O) groups is 1. The van der Waals surface area contributed by atoms with Crippen molar-refractivity contribution in [3.63, 3.8) is 0 Å². The number of nitrogens with one attached hydrogen (secondary N) is 2. The van der Waals surface area contributed by atoms with Crippen LogP contribution in [0.4, 0.5) is 4.79 Å². The Hall–Kier alpha value is -1.26. The van der Waals surface area contributed by atoms with Gasteiger partial charge in [0.05, 0.1) is 0 Å². The first kappa shape index (κ1) is 13.2. The zero-order valence-electron chi connectivity index (χ0n) is 10.2. The lowest BCUT2D eigenvalue weighted by Gasteiger charge is -2.36. The van der Waals surface area contributed by atoms with E-state index in [0.29, 0.717) is 18.5 Å². The fourth-order valence-corrected chi connectivity index (χ4v) is 2.38. The van der Waals surface area contributed by atoms with Crippen LogP contribution in [0.25, 0.3) is 0 Å². The van der Waals surface area contributed by atoms with Crippen molar-refractivity contribution in [3.8, 4) is 0 Å². The quantitative estimate of drug-likeness (QED) is 0.713. The molecule has 0 aliphatic heterocycles. The lowest BCUT2D eigenvalue weighted by molar-refractivity contribution is 0.247. The number of amides is 2. The predicted octanol–water partition coefficient (Wildman–Crippen LogP) is 1.84.